The van der Waals surface area contributed by atoms with E-state index in [1.807, 2.05) is 103 Å². The van der Waals surface area contributed by atoms with Gasteiger partial charge in [-0.15, -0.1) is 0 Å². The molecule has 1 aliphatic heterocycles. The minimum atomic E-state index is 0.0319. The molecule has 2 nitrogen and oxygen atoms in total. The number of nitrogens with one attached hydrogen (secondary N) is 1. The average Bonchev–Trinajstić information content (AvgIpc) is 2.95. The van der Waals surface area contributed by atoms with Gasteiger partial charge in [-0.2, -0.15) is 0 Å². The SMILES string of the molecule is C1=CC=CNC=C1.O=C(C=Cc1ccccc1)c1ccccc1. The van der Waals surface area contributed by atoms with Gasteiger partial charge in [0, 0.05) is 18.0 Å². The molecule has 0 atom stereocenters. The number of ketones is 1. The summed E-state index contributed by atoms with van der Waals surface area (Å²) in [6, 6.07) is 19.1. The topological polar surface area (TPSA) is 29.1 Å². The lowest BCUT2D eigenvalue weighted by Gasteiger charge is -1.94. The van der Waals surface area contributed by atoms with E-state index >= 15 is 0 Å². The predicted molar refractivity (Wildman–Crippen MR) is 96.8 cm³/mol. The zero-order valence-electron chi connectivity index (χ0n) is 12.8. The highest BCUT2D eigenvalue weighted by atomic mass is 16.1. The summed E-state index contributed by atoms with van der Waals surface area (Å²) >= 11 is 0. The van der Waals surface area contributed by atoms with E-state index in [4.69, 9.17) is 0 Å². The van der Waals surface area contributed by atoms with Crippen LogP contribution >= 0.6 is 0 Å². The van der Waals surface area contributed by atoms with Gasteiger partial charge in [0.05, 0.1) is 0 Å². The van der Waals surface area contributed by atoms with E-state index in [-0.39, 0.29) is 5.78 Å². The van der Waals surface area contributed by atoms with Crippen LogP contribution in [0.1, 0.15) is 15.9 Å². The zero-order valence-corrected chi connectivity index (χ0v) is 12.8. The quantitative estimate of drug-likeness (QED) is 0.654. The molecule has 3 rings (SSSR count). The summed E-state index contributed by atoms with van der Waals surface area (Å²) in [5.41, 5.74) is 1.75. The van der Waals surface area contributed by atoms with Gasteiger partial charge >= 0.3 is 0 Å². The van der Waals surface area contributed by atoms with E-state index in [9.17, 15) is 4.79 Å². The van der Waals surface area contributed by atoms with Crippen molar-refractivity contribution in [2.24, 2.45) is 0 Å². The van der Waals surface area contributed by atoms with Crippen LogP contribution in [0, 0.1) is 0 Å². The van der Waals surface area contributed by atoms with Crippen LogP contribution in [0.15, 0.2) is 103 Å². The molecule has 2 aromatic rings. The summed E-state index contributed by atoms with van der Waals surface area (Å²) in [4.78, 5) is 11.7. The second-order valence-corrected chi connectivity index (χ2v) is 4.74. The molecule has 1 N–H and O–H groups in total. The summed E-state index contributed by atoms with van der Waals surface area (Å²) in [7, 11) is 0. The lowest BCUT2D eigenvalue weighted by atomic mass is 10.1. The fourth-order valence-electron chi connectivity index (χ4n) is 1.84. The van der Waals surface area contributed by atoms with Gasteiger partial charge in [0.2, 0.25) is 0 Å². The molecule has 23 heavy (non-hydrogen) atoms. The normalized spacial score (nSPS) is 12.2. The van der Waals surface area contributed by atoms with Crippen LogP contribution in [0.3, 0.4) is 0 Å². The standard InChI is InChI=1S/C15H12O.C6H7N/c16-15(14-9-5-2-6-10-14)12-11-13-7-3-1-4-8-13;1-2-4-6-7-5-3-1/h1-12H;1-7H. The Bertz CT molecular complexity index is 696. The zero-order chi connectivity index (χ0) is 16.2. The molecule has 2 aromatic carbocycles. The van der Waals surface area contributed by atoms with Crippen molar-refractivity contribution >= 4 is 11.9 Å². The summed E-state index contributed by atoms with van der Waals surface area (Å²) in [6.07, 6.45) is 15.0. The maximum Gasteiger partial charge on any atom is 0.185 e. The molecule has 1 aliphatic rings. The third-order valence-corrected chi connectivity index (χ3v) is 3.00. The number of hydrogen-bond acceptors (Lipinski definition) is 2. The molecule has 2 heteroatoms. The molecule has 0 spiro atoms. The Kier molecular flexibility index (Phi) is 6.88. The first-order valence-electron chi connectivity index (χ1n) is 7.43. The summed E-state index contributed by atoms with van der Waals surface area (Å²) in [5, 5.41) is 2.92. The van der Waals surface area contributed by atoms with Gasteiger partial charge in [-0.3, -0.25) is 4.79 Å². The van der Waals surface area contributed by atoms with Gasteiger partial charge in [-0.05, 0) is 23.8 Å². The average molecular weight is 301 g/mol. The molecule has 0 aliphatic carbocycles. The van der Waals surface area contributed by atoms with Crippen LogP contribution < -0.4 is 5.32 Å². The number of carbonyl (C=O) groups is 1. The van der Waals surface area contributed by atoms with Gasteiger partial charge in [0.1, 0.15) is 0 Å². The van der Waals surface area contributed by atoms with Crippen LogP contribution in [0.25, 0.3) is 6.08 Å². The van der Waals surface area contributed by atoms with Gasteiger partial charge < -0.3 is 5.32 Å². The second kappa shape index (κ2) is 9.74. The number of benzene rings is 2. The predicted octanol–water partition coefficient (Wildman–Crippen LogP) is 4.76. The maximum atomic E-state index is 11.7. The summed E-state index contributed by atoms with van der Waals surface area (Å²) in [6.45, 7) is 0. The van der Waals surface area contributed by atoms with Crippen LogP contribution in [0.2, 0.25) is 0 Å². The van der Waals surface area contributed by atoms with Crippen molar-refractivity contribution in [3.63, 3.8) is 0 Å². The van der Waals surface area contributed by atoms with Crippen LogP contribution in [0.4, 0.5) is 0 Å². The van der Waals surface area contributed by atoms with Crippen LogP contribution in [-0.2, 0) is 0 Å². The minimum Gasteiger partial charge on any atom is -0.368 e. The molecule has 0 fully saturated rings. The van der Waals surface area contributed by atoms with Crippen molar-refractivity contribution in [2.75, 3.05) is 0 Å². The fourth-order valence-corrected chi connectivity index (χ4v) is 1.84. The monoisotopic (exact) mass is 301 g/mol. The van der Waals surface area contributed by atoms with Crippen molar-refractivity contribution in [1.29, 1.82) is 0 Å². The molecule has 0 saturated carbocycles. The first-order valence-corrected chi connectivity index (χ1v) is 7.43. The molecule has 0 unspecified atom stereocenters. The van der Waals surface area contributed by atoms with E-state index in [0.29, 0.717) is 0 Å². The van der Waals surface area contributed by atoms with E-state index in [1.165, 1.54) is 0 Å². The molecular weight excluding hydrogens is 282 g/mol. The van der Waals surface area contributed by atoms with Crippen molar-refractivity contribution < 1.29 is 4.79 Å². The second-order valence-electron chi connectivity index (χ2n) is 4.74. The fraction of sp³-hybridized carbons (Fsp3) is 0. The lowest BCUT2D eigenvalue weighted by Crippen LogP contribution is -1.92. The third kappa shape index (κ3) is 6.44. The highest BCUT2D eigenvalue weighted by molar-refractivity contribution is 6.06. The van der Waals surface area contributed by atoms with Gasteiger partial charge in [0.25, 0.3) is 0 Å². The smallest absolute Gasteiger partial charge is 0.185 e. The summed E-state index contributed by atoms with van der Waals surface area (Å²) in [5.74, 6) is 0.0319. The molecule has 1 heterocycles. The Morgan fingerprint density at radius 2 is 1.30 bits per heavy atom. The molecule has 0 bridgehead atoms. The Morgan fingerprint density at radius 1 is 0.739 bits per heavy atom. The van der Waals surface area contributed by atoms with E-state index in [1.54, 1.807) is 6.08 Å². The molecule has 0 radical (unpaired) electrons. The molecule has 0 amide bonds. The molecule has 0 saturated heterocycles. The van der Waals surface area contributed by atoms with Crippen LogP contribution in [-0.4, -0.2) is 5.78 Å². The number of allylic oxidation sites excluding steroid dienone is 5. The lowest BCUT2D eigenvalue weighted by molar-refractivity contribution is 0.104. The molecule has 0 aromatic heterocycles. The van der Waals surface area contributed by atoms with Gasteiger partial charge in [-0.1, -0.05) is 78.9 Å². The Labute approximate surface area is 137 Å². The van der Waals surface area contributed by atoms with Gasteiger partial charge in [-0.25, -0.2) is 0 Å². The van der Waals surface area contributed by atoms with Crippen molar-refractivity contribution in [1.82, 2.24) is 5.32 Å². The molecular formula is C21H19NO. The van der Waals surface area contributed by atoms with Gasteiger partial charge in [0.15, 0.2) is 5.78 Å². The van der Waals surface area contributed by atoms with Crippen molar-refractivity contribution in [3.05, 3.63) is 115 Å². The van der Waals surface area contributed by atoms with Crippen LogP contribution in [0.5, 0.6) is 0 Å². The first kappa shape index (κ1) is 16.2. The largest absolute Gasteiger partial charge is 0.368 e. The van der Waals surface area contributed by atoms with Crippen molar-refractivity contribution in [2.45, 2.75) is 0 Å². The highest BCUT2D eigenvalue weighted by Crippen LogP contribution is 2.05. The van der Waals surface area contributed by atoms with Crippen molar-refractivity contribution in [3.8, 4) is 0 Å². The Morgan fingerprint density at radius 3 is 1.91 bits per heavy atom. The molecule has 114 valence electrons. The van der Waals surface area contributed by atoms with E-state index in [2.05, 4.69) is 5.32 Å². The number of rotatable bonds is 3. The number of hydrogen-bond donors (Lipinski definition) is 1. The van der Waals surface area contributed by atoms with E-state index < -0.39 is 0 Å². The highest BCUT2D eigenvalue weighted by Gasteiger charge is 1.98. The first-order chi connectivity index (χ1) is 11.4. The Hall–Kier alpha value is -3.13. The minimum absolute atomic E-state index is 0.0319. The Balaban J connectivity index is 0.000000229. The summed E-state index contributed by atoms with van der Waals surface area (Å²) < 4.78 is 0. The maximum absolute atomic E-state index is 11.7. The number of carbonyl (C=O) groups excluding carboxylic acids is 1. The third-order valence-electron chi connectivity index (χ3n) is 3.00. The van der Waals surface area contributed by atoms with E-state index in [0.717, 1.165) is 11.1 Å².